The fourth-order valence-corrected chi connectivity index (χ4v) is 11.1. The lowest BCUT2D eigenvalue weighted by molar-refractivity contribution is -0.153. The summed E-state index contributed by atoms with van der Waals surface area (Å²) < 4.78 is 46.2. The summed E-state index contributed by atoms with van der Waals surface area (Å²) in [6.07, 6.45) is 3.48. The van der Waals surface area contributed by atoms with Crippen LogP contribution >= 0.6 is 0 Å². The molecule has 0 radical (unpaired) electrons. The third-order valence-corrected chi connectivity index (χ3v) is 15.4. The van der Waals surface area contributed by atoms with Crippen LogP contribution in [0.5, 0.6) is 40.2 Å². The lowest BCUT2D eigenvalue weighted by Crippen LogP contribution is -2.54. The van der Waals surface area contributed by atoms with Gasteiger partial charge in [-0.25, -0.2) is 4.79 Å². The molecule has 0 aliphatic carbocycles. The van der Waals surface area contributed by atoms with E-state index in [4.69, 9.17) is 37.9 Å². The molecule has 0 aromatic heterocycles. The molecule has 7 amide bonds. The topological polar surface area (TPSA) is 273 Å². The fraction of sp³-hybridized carbons (Fsp3) is 0.484. The molecule has 0 spiro atoms. The van der Waals surface area contributed by atoms with Gasteiger partial charge in [-0.05, 0) is 144 Å². The van der Waals surface area contributed by atoms with Gasteiger partial charge in [0.25, 0.3) is 23.6 Å². The van der Waals surface area contributed by atoms with Gasteiger partial charge in [-0.3, -0.25) is 43.8 Å². The monoisotopic (exact) mass is 1160 g/mol. The maximum absolute atomic E-state index is 14.4. The summed E-state index contributed by atoms with van der Waals surface area (Å²) in [4.78, 5) is 107. The van der Waals surface area contributed by atoms with Crippen LogP contribution in [0, 0.1) is 0 Å². The molecule has 4 atom stereocenters. The number of rotatable bonds is 28. The Bertz CT molecular complexity index is 3100. The van der Waals surface area contributed by atoms with E-state index in [0.717, 1.165) is 21.6 Å². The lowest BCUT2D eigenvalue weighted by Gasteiger charge is -2.40. The first-order valence-corrected chi connectivity index (χ1v) is 28.1. The van der Waals surface area contributed by atoms with Crippen LogP contribution in [0.15, 0.2) is 66.7 Å². The van der Waals surface area contributed by atoms with Gasteiger partial charge in [0.2, 0.25) is 23.5 Å². The lowest BCUT2D eigenvalue weighted by atomic mass is 9.80. The summed E-state index contributed by atoms with van der Waals surface area (Å²) in [6.45, 7) is 9.03. The highest BCUT2D eigenvalue weighted by Gasteiger charge is 2.46. The van der Waals surface area contributed by atoms with Crippen molar-refractivity contribution in [1.29, 1.82) is 0 Å². The van der Waals surface area contributed by atoms with Gasteiger partial charge in [0, 0.05) is 25.1 Å². The molecule has 4 N–H and O–H groups in total. The van der Waals surface area contributed by atoms with Crippen molar-refractivity contribution in [3.63, 3.8) is 0 Å². The SMILES string of the molecule is CC[C@H](C(=O)N1CCC(c2c(CCCc3cccc(OCC(=O)NCCC(C)(C)OCC(C)(C)NC(=O)COc4cccc5c4C(=O)N(C4CCC(=O)NC4=O)C5=O)c3)ccc(OC)c2OC)C[C@H]1C(=O)O)c1cc(OC)c(OC)c(OC)c1. The number of ether oxygens (including phenoxy) is 8. The fourth-order valence-electron chi connectivity index (χ4n) is 11.1. The first-order chi connectivity index (χ1) is 40.1. The molecule has 4 aromatic rings. The van der Waals surface area contributed by atoms with Crippen LogP contribution < -0.4 is 49.1 Å². The number of carboxylic acid groups (broad SMARTS) is 1. The third kappa shape index (κ3) is 14.9. The number of nitrogens with one attached hydrogen (secondary N) is 3. The molecule has 3 aliphatic rings. The molecule has 3 aliphatic heterocycles. The van der Waals surface area contributed by atoms with Crippen LogP contribution in [-0.2, 0) is 46.3 Å². The molecule has 452 valence electrons. The number of methoxy groups -OCH3 is 5. The number of aryl methyl sites for hydroxylation is 2. The highest BCUT2D eigenvalue weighted by Crippen LogP contribution is 2.46. The molecule has 2 saturated heterocycles. The minimum absolute atomic E-state index is 0.000757. The number of hydrogen-bond donors (Lipinski definition) is 4. The minimum Gasteiger partial charge on any atom is -0.493 e. The zero-order chi connectivity index (χ0) is 61.0. The Morgan fingerprint density at radius 3 is 2.11 bits per heavy atom. The van der Waals surface area contributed by atoms with Crippen LogP contribution in [0.3, 0.4) is 0 Å². The van der Waals surface area contributed by atoms with Crippen molar-refractivity contribution < 1.29 is 81.4 Å². The number of aliphatic carboxylic acids is 1. The van der Waals surface area contributed by atoms with Crippen LogP contribution in [-0.4, -0.2) is 154 Å². The molecule has 7 rings (SSSR count). The predicted molar refractivity (Wildman–Crippen MR) is 306 cm³/mol. The Morgan fingerprint density at radius 1 is 0.762 bits per heavy atom. The van der Waals surface area contributed by atoms with Gasteiger partial charge in [0.05, 0.1) is 70.3 Å². The summed E-state index contributed by atoms with van der Waals surface area (Å²) >= 11 is 0. The summed E-state index contributed by atoms with van der Waals surface area (Å²) in [6, 6.07) is 17.0. The van der Waals surface area contributed by atoms with E-state index in [-0.39, 0.29) is 80.2 Å². The number of hydrogen-bond acceptors (Lipinski definition) is 16. The van der Waals surface area contributed by atoms with Crippen molar-refractivity contribution in [2.45, 2.75) is 127 Å². The van der Waals surface area contributed by atoms with Crippen molar-refractivity contribution in [3.05, 3.63) is 100 Å². The molecule has 2 fully saturated rings. The molecule has 0 bridgehead atoms. The van der Waals surface area contributed by atoms with Crippen molar-refractivity contribution in [2.75, 3.05) is 68.5 Å². The molecule has 84 heavy (non-hydrogen) atoms. The average Bonchev–Trinajstić information content (AvgIpc) is 1.95. The number of benzene rings is 4. The normalized spacial score (nSPS) is 17.4. The molecule has 22 heteroatoms. The number of nitrogens with zero attached hydrogens (tertiary/aromatic N) is 2. The molecule has 4 aromatic carbocycles. The van der Waals surface area contributed by atoms with E-state index in [2.05, 4.69) is 16.0 Å². The zero-order valence-electron chi connectivity index (χ0n) is 49.4. The minimum atomic E-state index is -1.15. The number of likely N-dealkylation sites (tertiary alicyclic amines) is 1. The van der Waals surface area contributed by atoms with Crippen molar-refractivity contribution in [1.82, 2.24) is 25.8 Å². The predicted octanol–water partition coefficient (Wildman–Crippen LogP) is 6.31. The number of fused-ring (bicyclic) bond motifs is 1. The number of carbonyl (C=O) groups excluding carboxylic acids is 7. The number of amides is 7. The van der Waals surface area contributed by atoms with E-state index in [9.17, 15) is 43.5 Å². The van der Waals surface area contributed by atoms with Crippen molar-refractivity contribution >= 4 is 47.3 Å². The van der Waals surface area contributed by atoms with Crippen molar-refractivity contribution in [3.8, 4) is 40.2 Å². The average molecular weight is 1160 g/mol. The highest BCUT2D eigenvalue weighted by molar-refractivity contribution is 6.24. The summed E-state index contributed by atoms with van der Waals surface area (Å²) in [7, 11) is 7.62. The van der Waals surface area contributed by atoms with Gasteiger partial charge in [-0.15, -0.1) is 0 Å². The smallest absolute Gasteiger partial charge is 0.326 e. The van der Waals surface area contributed by atoms with Gasteiger partial charge in [-0.2, -0.15) is 0 Å². The van der Waals surface area contributed by atoms with E-state index in [0.29, 0.717) is 78.6 Å². The maximum atomic E-state index is 14.4. The van der Waals surface area contributed by atoms with Crippen LogP contribution in [0.2, 0.25) is 0 Å². The van der Waals surface area contributed by atoms with Crippen LogP contribution in [0.25, 0.3) is 0 Å². The standard InChI is InChI=1S/C62H77N5O17/c1-11-41(39-31-47(78-7)54(80-9)48(32-39)79-8)57(72)66-28-25-38(30-44(66)60(75)76)52-37(21-23-46(77-6)55(52)81-10)17-12-15-36-16-13-18-40(29-36)82-33-50(69)63-27-26-62(4,5)84-35-61(2,3)65-51(70)34-83-45-20-14-19-42-53(45)59(74)67(58(42)73)43-22-24-49(68)64-56(43)71/h13-14,16,18-21,23,29,31-32,38,41,43-44H,11-12,15,17,22,24-28,30,33-35H2,1-10H3,(H,63,69)(H,65,70)(H,75,76)(H,64,68,71)/t38?,41-,43?,44-/m0/s1. The second-order valence-corrected chi connectivity index (χ2v) is 22.2. The summed E-state index contributed by atoms with van der Waals surface area (Å²) in [5.41, 5.74) is 1.83. The quantitative estimate of drug-likeness (QED) is 0.0453. The largest absolute Gasteiger partial charge is 0.493 e. The molecular formula is C62H77N5O17. The van der Waals surface area contributed by atoms with E-state index in [1.165, 1.54) is 44.4 Å². The first kappa shape index (κ1) is 63.2. The van der Waals surface area contributed by atoms with Gasteiger partial charge in [-0.1, -0.05) is 31.2 Å². The molecule has 3 heterocycles. The third-order valence-electron chi connectivity index (χ3n) is 15.4. The Hall–Kier alpha value is -8.40. The van der Waals surface area contributed by atoms with E-state index < -0.39 is 71.3 Å². The molecule has 22 nitrogen and oxygen atoms in total. The summed E-state index contributed by atoms with van der Waals surface area (Å²) in [5.74, 6) is -3.08. The van der Waals surface area contributed by atoms with Gasteiger partial charge >= 0.3 is 5.97 Å². The first-order valence-electron chi connectivity index (χ1n) is 28.1. The van der Waals surface area contributed by atoms with Crippen LogP contribution in [0.1, 0.15) is 134 Å². The second kappa shape index (κ2) is 27.8. The number of piperidine rings is 2. The van der Waals surface area contributed by atoms with Gasteiger partial charge in [0.15, 0.2) is 36.2 Å². The summed E-state index contributed by atoms with van der Waals surface area (Å²) in [5, 5.41) is 18.6. The second-order valence-electron chi connectivity index (χ2n) is 22.2. The molecule has 2 unspecified atom stereocenters. The Morgan fingerprint density at radius 2 is 1.45 bits per heavy atom. The zero-order valence-corrected chi connectivity index (χ0v) is 49.4. The Labute approximate surface area is 489 Å². The van der Waals surface area contributed by atoms with Crippen LogP contribution in [0.4, 0.5) is 0 Å². The van der Waals surface area contributed by atoms with Gasteiger partial charge < -0.3 is 58.5 Å². The van der Waals surface area contributed by atoms with Crippen molar-refractivity contribution in [2.24, 2.45) is 0 Å². The maximum Gasteiger partial charge on any atom is 0.326 e. The van der Waals surface area contributed by atoms with E-state index in [1.807, 2.05) is 51.1 Å². The number of carbonyl (C=O) groups is 8. The molecular weight excluding hydrogens is 1090 g/mol. The van der Waals surface area contributed by atoms with Gasteiger partial charge in [0.1, 0.15) is 23.6 Å². The number of imide groups is 2. The highest BCUT2D eigenvalue weighted by atomic mass is 16.5. The Balaban J connectivity index is 0.867. The molecule has 0 saturated carbocycles. The van der Waals surface area contributed by atoms with E-state index in [1.54, 1.807) is 46.3 Å². The number of carboxylic acids is 1. The van der Waals surface area contributed by atoms with E-state index >= 15 is 0 Å². The Kier molecular flexibility index (Phi) is 20.9.